The topological polar surface area (TPSA) is 94.2 Å². The lowest BCUT2D eigenvalue weighted by atomic mass is 10.1. The summed E-state index contributed by atoms with van der Waals surface area (Å²) in [5.41, 5.74) is 0.881. The smallest absolute Gasteiger partial charge is 0.274 e. The number of pyridine rings is 1. The molecule has 154 valence electrons. The first kappa shape index (κ1) is 19.8. The maximum atomic E-state index is 12.9. The van der Waals surface area contributed by atoms with E-state index in [1.807, 2.05) is 34.9 Å². The standard InChI is InChI=1S/C22H24N6O2/c1-2-3-7-15-28-22(30)17-10-5-4-9-16(17)20(26-28)21(29)23-13-12-19-25-24-18-11-6-8-14-27(18)19/h4-6,8-11,14H,2-3,7,12-13,15H2,1H3,(H,23,29). The largest absolute Gasteiger partial charge is 0.350 e. The van der Waals surface area contributed by atoms with Crippen LogP contribution in [0.25, 0.3) is 16.4 Å². The molecule has 0 atom stereocenters. The first-order valence-electron chi connectivity index (χ1n) is 10.3. The molecule has 30 heavy (non-hydrogen) atoms. The first-order valence-corrected chi connectivity index (χ1v) is 10.3. The third-order valence-corrected chi connectivity index (χ3v) is 5.07. The van der Waals surface area contributed by atoms with Crippen molar-refractivity contribution in [3.8, 4) is 0 Å². The van der Waals surface area contributed by atoms with Gasteiger partial charge in [-0.2, -0.15) is 5.10 Å². The van der Waals surface area contributed by atoms with E-state index in [0.717, 1.165) is 30.7 Å². The molecule has 8 nitrogen and oxygen atoms in total. The fraction of sp³-hybridized carbons (Fsp3) is 0.318. The molecule has 4 aromatic rings. The molecule has 1 aromatic carbocycles. The second-order valence-electron chi connectivity index (χ2n) is 7.18. The summed E-state index contributed by atoms with van der Waals surface area (Å²) in [5.74, 6) is 0.470. The van der Waals surface area contributed by atoms with Crippen molar-refractivity contribution in [1.82, 2.24) is 29.7 Å². The van der Waals surface area contributed by atoms with Crippen molar-refractivity contribution in [3.05, 3.63) is 70.5 Å². The highest BCUT2D eigenvalue weighted by Crippen LogP contribution is 2.13. The van der Waals surface area contributed by atoms with Gasteiger partial charge in [-0.05, 0) is 24.6 Å². The SMILES string of the molecule is CCCCCn1nc(C(=O)NCCc2nnc3ccccn23)c2ccccc2c1=O. The number of aromatic nitrogens is 5. The Morgan fingerprint density at radius 3 is 2.67 bits per heavy atom. The second-order valence-corrected chi connectivity index (χ2v) is 7.18. The molecule has 4 rings (SSSR count). The molecule has 0 bridgehead atoms. The van der Waals surface area contributed by atoms with Gasteiger partial charge in [0, 0.05) is 31.1 Å². The maximum Gasteiger partial charge on any atom is 0.274 e. The summed E-state index contributed by atoms with van der Waals surface area (Å²) in [4.78, 5) is 25.7. The minimum Gasteiger partial charge on any atom is -0.350 e. The number of fused-ring (bicyclic) bond motifs is 2. The lowest BCUT2D eigenvalue weighted by molar-refractivity contribution is 0.0948. The molecule has 8 heteroatoms. The molecule has 0 aliphatic heterocycles. The van der Waals surface area contributed by atoms with E-state index in [9.17, 15) is 9.59 Å². The molecule has 0 saturated heterocycles. The number of carbonyl (C=O) groups excluding carboxylic acids is 1. The monoisotopic (exact) mass is 404 g/mol. The molecule has 0 radical (unpaired) electrons. The van der Waals surface area contributed by atoms with Crippen LogP contribution in [0.5, 0.6) is 0 Å². The Balaban J connectivity index is 1.54. The molecule has 0 aliphatic carbocycles. The average molecular weight is 404 g/mol. The summed E-state index contributed by atoms with van der Waals surface area (Å²) in [5, 5.41) is 16.7. The van der Waals surface area contributed by atoms with Gasteiger partial charge >= 0.3 is 0 Å². The van der Waals surface area contributed by atoms with E-state index >= 15 is 0 Å². The molecule has 0 unspecified atom stereocenters. The van der Waals surface area contributed by atoms with Crippen LogP contribution in [-0.2, 0) is 13.0 Å². The zero-order chi connectivity index (χ0) is 20.9. The quantitative estimate of drug-likeness (QED) is 0.456. The van der Waals surface area contributed by atoms with Crippen molar-refractivity contribution in [2.24, 2.45) is 0 Å². The van der Waals surface area contributed by atoms with Gasteiger partial charge in [0.15, 0.2) is 11.3 Å². The Hall–Kier alpha value is -3.55. The number of hydrogen-bond acceptors (Lipinski definition) is 5. The maximum absolute atomic E-state index is 12.9. The Morgan fingerprint density at radius 2 is 1.83 bits per heavy atom. The third kappa shape index (κ3) is 3.94. The van der Waals surface area contributed by atoms with E-state index in [4.69, 9.17) is 0 Å². The van der Waals surface area contributed by atoms with E-state index in [1.54, 1.807) is 18.2 Å². The zero-order valence-corrected chi connectivity index (χ0v) is 16.9. The van der Waals surface area contributed by atoms with Gasteiger partial charge < -0.3 is 5.32 Å². The van der Waals surface area contributed by atoms with Crippen molar-refractivity contribution in [2.45, 2.75) is 39.2 Å². The van der Waals surface area contributed by atoms with Crippen LogP contribution in [0.4, 0.5) is 0 Å². The van der Waals surface area contributed by atoms with Crippen molar-refractivity contribution in [3.63, 3.8) is 0 Å². The van der Waals surface area contributed by atoms with Crippen LogP contribution in [0.3, 0.4) is 0 Å². The highest BCUT2D eigenvalue weighted by Gasteiger charge is 2.16. The number of nitrogens with zero attached hydrogens (tertiary/aromatic N) is 5. The van der Waals surface area contributed by atoms with Gasteiger partial charge in [-0.3, -0.25) is 14.0 Å². The Labute approximate surface area is 173 Å². The van der Waals surface area contributed by atoms with Crippen LogP contribution in [0.2, 0.25) is 0 Å². The van der Waals surface area contributed by atoms with Crippen LogP contribution in [0.1, 0.15) is 42.5 Å². The lowest BCUT2D eigenvalue weighted by Crippen LogP contribution is -2.32. The number of nitrogens with one attached hydrogen (secondary N) is 1. The summed E-state index contributed by atoms with van der Waals surface area (Å²) in [6.45, 7) is 3.00. The minimum absolute atomic E-state index is 0.159. The van der Waals surface area contributed by atoms with E-state index in [-0.39, 0.29) is 17.2 Å². The number of benzene rings is 1. The second kappa shape index (κ2) is 8.86. The van der Waals surface area contributed by atoms with Crippen LogP contribution in [-0.4, -0.2) is 36.8 Å². The van der Waals surface area contributed by atoms with Gasteiger partial charge in [0.25, 0.3) is 11.5 Å². The summed E-state index contributed by atoms with van der Waals surface area (Å²) >= 11 is 0. The van der Waals surface area contributed by atoms with E-state index in [1.165, 1.54) is 4.68 Å². The first-order chi connectivity index (χ1) is 14.7. The molecule has 1 amide bonds. The fourth-order valence-corrected chi connectivity index (χ4v) is 3.50. The van der Waals surface area contributed by atoms with Crippen LogP contribution >= 0.6 is 0 Å². The fourth-order valence-electron chi connectivity index (χ4n) is 3.50. The Morgan fingerprint density at radius 1 is 1.03 bits per heavy atom. The molecule has 1 N–H and O–H groups in total. The highest BCUT2D eigenvalue weighted by molar-refractivity contribution is 6.04. The van der Waals surface area contributed by atoms with Crippen molar-refractivity contribution >= 4 is 22.3 Å². The molecule has 0 saturated carbocycles. The van der Waals surface area contributed by atoms with Gasteiger partial charge in [0.2, 0.25) is 0 Å². The summed E-state index contributed by atoms with van der Waals surface area (Å²) < 4.78 is 3.31. The average Bonchev–Trinajstić information content (AvgIpc) is 3.18. The number of hydrogen-bond donors (Lipinski definition) is 1. The van der Waals surface area contributed by atoms with Crippen LogP contribution < -0.4 is 10.9 Å². The number of rotatable bonds is 8. The molecular formula is C22H24N6O2. The van der Waals surface area contributed by atoms with Crippen molar-refractivity contribution in [1.29, 1.82) is 0 Å². The minimum atomic E-state index is -0.302. The summed E-state index contributed by atoms with van der Waals surface area (Å²) in [6, 6.07) is 12.8. The molecule has 0 spiro atoms. The number of carbonyl (C=O) groups is 1. The van der Waals surface area contributed by atoms with E-state index in [2.05, 4.69) is 27.5 Å². The summed E-state index contributed by atoms with van der Waals surface area (Å²) in [7, 11) is 0. The predicted octanol–water partition coefficient (Wildman–Crippen LogP) is 2.60. The van der Waals surface area contributed by atoms with Gasteiger partial charge in [-0.1, -0.05) is 44.0 Å². The van der Waals surface area contributed by atoms with Gasteiger partial charge in [0.1, 0.15) is 5.82 Å². The molecule has 3 aromatic heterocycles. The van der Waals surface area contributed by atoms with E-state index in [0.29, 0.717) is 30.3 Å². The predicted molar refractivity (Wildman–Crippen MR) is 115 cm³/mol. The molecule has 3 heterocycles. The number of amides is 1. The molecule has 0 fully saturated rings. The van der Waals surface area contributed by atoms with Crippen LogP contribution in [0.15, 0.2) is 53.5 Å². The van der Waals surface area contributed by atoms with Gasteiger partial charge in [-0.25, -0.2) is 4.68 Å². The third-order valence-electron chi connectivity index (χ3n) is 5.07. The lowest BCUT2D eigenvalue weighted by Gasteiger charge is -2.11. The number of aryl methyl sites for hydroxylation is 1. The molecule has 0 aliphatic rings. The Bertz CT molecular complexity index is 1240. The van der Waals surface area contributed by atoms with Gasteiger partial charge in [-0.15, -0.1) is 10.2 Å². The number of unbranched alkanes of at least 4 members (excludes halogenated alkanes) is 2. The normalized spacial score (nSPS) is 11.2. The van der Waals surface area contributed by atoms with Gasteiger partial charge in [0.05, 0.1) is 5.39 Å². The highest BCUT2D eigenvalue weighted by atomic mass is 16.2. The van der Waals surface area contributed by atoms with Crippen molar-refractivity contribution in [2.75, 3.05) is 6.54 Å². The van der Waals surface area contributed by atoms with Crippen molar-refractivity contribution < 1.29 is 4.79 Å². The zero-order valence-electron chi connectivity index (χ0n) is 16.9. The summed E-state index contributed by atoms with van der Waals surface area (Å²) in [6.07, 6.45) is 5.34. The molecular weight excluding hydrogens is 380 g/mol. The van der Waals surface area contributed by atoms with Crippen LogP contribution in [0, 0.1) is 0 Å². The Kier molecular flexibility index (Phi) is 5.83. The van der Waals surface area contributed by atoms with E-state index < -0.39 is 0 Å².